The molecule has 2 rings (SSSR count). The second-order valence-corrected chi connectivity index (χ2v) is 6.85. The van der Waals surface area contributed by atoms with Gasteiger partial charge in [-0.05, 0) is 19.4 Å². The van der Waals surface area contributed by atoms with Crippen molar-refractivity contribution in [3.8, 4) is 0 Å². The highest BCUT2D eigenvalue weighted by Crippen LogP contribution is 2.22. The molecule has 124 valence electrons. The summed E-state index contributed by atoms with van der Waals surface area (Å²) >= 11 is 0. The molecule has 0 saturated carbocycles. The summed E-state index contributed by atoms with van der Waals surface area (Å²) in [5.41, 5.74) is 1.47. The first-order chi connectivity index (χ1) is 10.8. The van der Waals surface area contributed by atoms with Crippen molar-refractivity contribution in [3.05, 3.63) is 47.3 Å². The highest BCUT2D eigenvalue weighted by atomic mass is 32.2. The maximum absolute atomic E-state index is 12.7. The SMILES string of the molecule is CNC(=O)[C@@H](NS(=O)(=O)c1c(C)nn(C)c1C)c1ccccc1. The van der Waals surface area contributed by atoms with Crippen LogP contribution in [0.1, 0.15) is 23.0 Å². The molecule has 1 aromatic carbocycles. The Morgan fingerprint density at radius 1 is 1.22 bits per heavy atom. The molecule has 1 atom stereocenters. The second kappa shape index (κ2) is 6.51. The first-order valence-electron chi connectivity index (χ1n) is 7.07. The zero-order chi connectivity index (χ0) is 17.2. The quantitative estimate of drug-likeness (QED) is 0.845. The smallest absolute Gasteiger partial charge is 0.245 e. The van der Waals surface area contributed by atoms with E-state index in [4.69, 9.17) is 0 Å². The summed E-state index contributed by atoms with van der Waals surface area (Å²) < 4.78 is 29.5. The third kappa shape index (κ3) is 3.43. The Balaban J connectivity index is 2.45. The fraction of sp³-hybridized carbons (Fsp3) is 0.333. The number of nitrogens with one attached hydrogen (secondary N) is 2. The molecule has 2 N–H and O–H groups in total. The van der Waals surface area contributed by atoms with Crippen LogP contribution in [0, 0.1) is 13.8 Å². The minimum Gasteiger partial charge on any atom is -0.357 e. The Morgan fingerprint density at radius 2 is 1.83 bits per heavy atom. The fourth-order valence-electron chi connectivity index (χ4n) is 2.42. The average molecular weight is 336 g/mol. The van der Waals surface area contributed by atoms with Crippen molar-refractivity contribution in [2.24, 2.45) is 7.05 Å². The van der Waals surface area contributed by atoms with Gasteiger partial charge in [0.2, 0.25) is 15.9 Å². The Bertz CT molecular complexity index is 813. The van der Waals surface area contributed by atoms with E-state index in [-0.39, 0.29) is 4.90 Å². The monoisotopic (exact) mass is 336 g/mol. The highest BCUT2D eigenvalue weighted by molar-refractivity contribution is 7.89. The number of benzene rings is 1. The predicted octanol–water partition coefficient (Wildman–Crippen LogP) is 0.803. The van der Waals surface area contributed by atoms with E-state index in [2.05, 4.69) is 15.1 Å². The van der Waals surface area contributed by atoms with Gasteiger partial charge in [0.1, 0.15) is 10.9 Å². The van der Waals surface area contributed by atoms with E-state index in [1.54, 1.807) is 51.2 Å². The summed E-state index contributed by atoms with van der Waals surface area (Å²) in [5.74, 6) is -0.432. The maximum atomic E-state index is 12.7. The summed E-state index contributed by atoms with van der Waals surface area (Å²) in [7, 11) is -0.757. The molecule has 7 nitrogen and oxygen atoms in total. The number of rotatable bonds is 5. The van der Waals surface area contributed by atoms with Crippen molar-refractivity contribution in [2.75, 3.05) is 7.05 Å². The molecule has 0 bridgehead atoms. The minimum absolute atomic E-state index is 0.102. The van der Waals surface area contributed by atoms with Crippen molar-refractivity contribution >= 4 is 15.9 Å². The van der Waals surface area contributed by atoms with Gasteiger partial charge in [0.05, 0.1) is 11.4 Å². The zero-order valence-electron chi connectivity index (χ0n) is 13.5. The van der Waals surface area contributed by atoms with Crippen molar-refractivity contribution in [3.63, 3.8) is 0 Å². The zero-order valence-corrected chi connectivity index (χ0v) is 14.3. The third-order valence-electron chi connectivity index (χ3n) is 3.63. The first kappa shape index (κ1) is 17.2. The van der Waals surface area contributed by atoms with Crippen LogP contribution < -0.4 is 10.0 Å². The fourth-order valence-corrected chi connectivity index (χ4v) is 4.04. The second-order valence-electron chi connectivity index (χ2n) is 5.20. The molecule has 0 saturated heterocycles. The van der Waals surface area contributed by atoms with Gasteiger partial charge in [-0.3, -0.25) is 9.48 Å². The van der Waals surface area contributed by atoms with Gasteiger partial charge < -0.3 is 5.32 Å². The van der Waals surface area contributed by atoms with E-state index in [9.17, 15) is 13.2 Å². The maximum Gasteiger partial charge on any atom is 0.245 e. The van der Waals surface area contributed by atoms with Crippen LogP contribution in [0.2, 0.25) is 0 Å². The molecule has 1 heterocycles. The molecule has 0 aliphatic heterocycles. The number of hydrogen-bond acceptors (Lipinski definition) is 4. The lowest BCUT2D eigenvalue weighted by atomic mass is 10.1. The van der Waals surface area contributed by atoms with Crippen molar-refractivity contribution < 1.29 is 13.2 Å². The molecule has 0 unspecified atom stereocenters. The predicted molar refractivity (Wildman–Crippen MR) is 86.3 cm³/mol. The van der Waals surface area contributed by atoms with Crippen molar-refractivity contribution in [2.45, 2.75) is 24.8 Å². The highest BCUT2D eigenvalue weighted by Gasteiger charge is 2.30. The summed E-state index contributed by atoms with van der Waals surface area (Å²) in [6, 6.07) is 7.69. The lowest BCUT2D eigenvalue weighted by Gasteiger charge is -2.18. The summed E-state index contributed by atoms with van der Waals surface area (Å²) in [6.45, 7) is 3.30. The van der Waals surface area contributed by atoms with Crippen LogP contribution in [0.5, 0.6) is 0 Å². The molecule has 0 radical (unpaired) electrons. The number of carbonyl (C=O) groups is 1. The molecule has 23 heavy (non-hydrogen) atoms. The van der Waals surface area contributed by atoms with Crippen molar-refractivity contribution in [1.29, 1.82) is 0 Å². The van der Waals surface area contributed by atoms with Crippen LogP contribution in [0.3, 0.4) is 0 Å². The summed E-state index contributed by atoms with van der Waals surface area (Å²) in [5, 5.41) is 6.60. The Labute approximate surface area is 135 Å². The van der Waals surface area contributed by atoms with Gasteiger partial charge in [-0.2, -0.15) is 9.82 Å². The van der Waals surface area contributed by atoms with E-state index in [1.807, 2.05) is 0 Å². The van der Waals surface area contributed by atoms with E-state index >= 15 is 0 Å². The normalized spacial score (nSPS) is 12.9. The third-order valence-corrected chi connectivity index (χ3v) is 5.30. The lowest BCUT2D eigenvalue weighted by Crippen LogP contribution is -2.39. The molecule has 8 heteroatoms. The van der Waals surface area contributed by atoms with Gasteiger partial charge in [-0.1, -0.05) is 30.3 Å². The van der Waals surface area contributed by atoms with Crippen LogP contribution in [-0.2, 0) is 21.9 Å². The number of aryl methyl sites for hydroxylation is 2. The van der Waals surface area contributed by atoms with Gasteiger partial charge in [-0.25, -0.2) is 8.42 Å². The Morgan fingerprint density at radius 3 is 2.30 bits per heavy atom. The largest absolute Gasteiger partial charge is 0.357 e. The van der Waals surface area contributed by atoms with Gasteiger partial charge in [0, 0.05) is 14.1 Å². The number of amides is 1. The Hall–Kier alpha value is -2.19. The molecule has 0 spiro atoms. The number of likely N-dealkylation sites (N-methyl/N-ethyl adjacent to an activating group) is 1. The number of hydrogen-bond donors (Lipinski definition) is 2. The van der Waals surface area contributed by atoms with Gasteiger partial charge >= 0.3 is 0 Å². The molecule has 1 aromatic heterocycles. The topological polar surface area (TPSA) is 93.1 Å². The summed E-state index contributed by atoms with van der Waals surface area (Å²) in [6.07, 6.45) is 0. The van der Waals surface area contributed by atoms with Gasteiger partial charge in [0.25, 0.3) is 0 Å². The van der Waals surface area contributed by atoms with Gasteiger partial charge in [0.15, 0.2) is 0 Å². The van der Waals surface area contributed by atoms with Crippen LogP contribution in [0.4, 0.5) is 0 Å². The molecule has 0 fully saturated rings. The van der Waals surface area contributed by atoms with Gasteiger partial charge in [-0.15, -0.1) is 0 Å². The van der Waals surface area contributed by atoms with Crippen LogP contribution in [0.15, 0.2) is 35.2 Å². The van der Waals surface area contributed by atoms with Crippen molar-refractivity contribution in [1.82, 2.24) is 19.8 Å². The molecular formula is C15H20N4O3S. The molecule has 2 aromatic rings. The average Bonchev–Trinajstić information content (AvgIpc) is 2.78. The summed E-state index contributed by atoms with van der Waals surface area (Å²) in [4.78, 5) is 12.2. The van der Waals surface area contributed by atoms with E-state index in [0.717, 1.165) is 0 Å². The molecular weight excluding hydrogens is 316 g/mol. The number of carbonyl (C=O) groups excluding carboxylic acids is 1. The Kier molecular flexibility index (Phi) is 4.86. The number of aromatic nitrogens is 2. The molecule has 0 aliphatic rings. The standard InChI is InChI=1S/C15H20N4O3S/c1-10-14(11(2)19(4)17-10)23(21,22)18-13(15(20)16-3)12-8-6-5-7-9-12/h5-9,13,18H,1-4H3,(H,16,20)/t13-/m0/s1. The van der Waals surface area contributed by atoms with E-state index in [1.165, 1.54) is 11.7 Å². The minimum atomic E-state index is -3.90. The number of nitrogens with zero attached hydrogens (tertiary/aromatic N) is 2. The molecule has 1 amide bonds. The first-order valence-corrected chi connectivity index (χ1v) is 8.55. The van der Waals surface area contributed by atoms with Crippen LogP contribution in [0.25, 0.3) is 0 Å². The lowest BCUT2D eigenvalue weighted by molar-refractivity contribution is -0.122. The molecule has 0 aliphatic carbocycles. The van der Waals surface area contributed by atoms with Crippen LogP contribution >= 0.6 is 0 Å². The van der Waals surface area contributed by atoms with E-state index < -0.39 is 22.0 Å². The van der Waals surface area contributed by atoms with E-state index in [0.29, 0.717) is 17.0 Å². The van der Waals surface area contributed by atoms with Crippen LogP contribution in [-0.4, -0.2) is 31.2 Å². The number of sulfonamides is 1.